The maximum atomic E-state index is 5.91. The molecule has 0 aliphatic carbocycles. The smallest absolute Gasteiger partial charge is 0.209 e. The zero-order chi connectivity index (χ0) is 19.8. The number of benzene rings is 2. The van der Waals surface area contributed by atoms with Crippen molar-refractivity contribution in [2.24, 2.45) is 0 Å². The first-order valence-corrected chi connectivity index (χ1v) is 10.1. The van der Waals surface area contributed by atoms with Crippen LogP contribution in [-0.4, -0.2) is 15.2 Å². The number of hydrogen-bond acceptors (Lipinski definition) is 6. The number of nitrogens with zero attached hydrogens (tertiary/aromatic N) is 3. The van der Waals surface area contributed by atoms with Gasteiger partial charge in [0.25, 0.3) is 0 Å². The molecule has 0 fully saturated rings. The molecule has 0 aliphatic heterocycles. The van der Waals surface area contributed by atoms with Crippen molar-refractivity contribution in [1.29, 1.82) is 0 Å². The van der Waals surface area contributed by atoms with E-state index in [0.717, 1.165) is 33.3 Å². The number of thioether (sulfide) groups is 1. The SMILES string of the molecule is Cc1ccc(CONC=Cc2nc(SCc3ccc(Cl)cc3)nnc2C)cc1. The average Bonchev–Trinajstić information content (AvgIpc) is 2.70. The molecule has 1 N–H and O–H groups in total. The van der Waals surface area contributed by atoms with Crippen LogP contribution in [0, 0.1) is 13.8 Å². The van der Waals surface area contributed by atoms with Crippen molar-refractivity contribution in [1.82, 2.24) is 20.7 Å². The molecule has 0 saturated carbocycles. The van der Waals surface area contributed by atoms with Gasteiger partial charge in [-0.25, -0.2) is 4.98 Å². The second kappa shape index (κ2) is 10.2. The van der Waals surface area contributed by atoms with Gasteiger partial charge in [-0.15, -0.1) is 5.10 Å². The predicted molar refractivity (Wildman–Crippen MR) is 114 cm³/mol. The van der Waals surface area contributed by atoms with E-state index < -0.39 is 0 Å². The Morgan fingerprint density at radius 1 is 1.00 bits per heavy atom. The molecule has 144 valence electrons. The first-order chi connectivity index (χ1) is 13.6. The molecule has 0 bridgehead atoms. The molecule has 0 saturated heterocycles. The summed E-state index contributed by atoms with van der Waals surface area (Å²) in [5, 5.41) is 9.69. The van der Waals surface area contributed by atoms with Crippen LogP contribution >= 0.6 is 23.4 Å². The Bertz CT molecular complexity index is 930. The fourth-order valence-corrected chi connectivity index (χ4v) is 3.17. The molecular weight excluding hydrogens is 392 g/mol. The number of hydrogen-bond donors (Lipinski definition) is 1. The highest BCUT2D eigenvalue weighted by Gasteiger charge is 2.05. The van der Waals surface area contributed by atoms with E-state index in [4.69, 9.17) is 16.4 Å². The molecule has 28 heavy (non-hydrogen) atoms. The molecule has 3 rings (SSSR count). The van der Waals surface area contributed by atoms with Crippen LogP contribution in [0.1, 0.15) is 28.1 Å². The van der Waals surface area contributed by atoms with E-state index in [1.54, 1.807) is 6.20 Å². The normalized spacial score (nSPS) is 11.1. The highest BCUT2D eigenvalue weighted by Crippen LogP contribution is 2.20. The third-order valence-corrected chi connectivity index (χ3v) is 5.07. The van der Waals surface area contributed by atoms with Crippen LogP contribution in [0.4, 0.5) is 0 Å². The molecule has 1 heterocycles. The number of nitrogens with one attached hydrogen (secondary N) is 1. The summed E-state index contributed by atoms with van der Waals surface area (Å²) >= 11 is 7.44. The van der Waals surface area contributed by atoms with E-state index in [-0.39, 0.29) is 0 Å². The largest absolute Gasteiger partial charge is 0.274 e. The monoisotopic (exact) mass is 412 g/mol. The van der Waals surface area contributed by atoms with Gasteiger partial charge in [0.2, 0.25) is 5.16 Å². The van der Waals surface area contributed by atoms with Gasteiger partial charge in [-0.1, -0.05) is 65.3 Å². The second-order valence-electron chi connectivity index (χ2n) is 6.21. The van der Waals surface area contributed by atoms with Gasteiger partial charge < -0.3 is 0 Å². The minimum Gasteiger partial charge on any atom is -0.274 e. The minimum atomic E-state index is 0.480. The Hall–Kier alpha value is -2.41. The predicted octanol–water partition coefficient (Wildman–Crippen LogP) is 5.13. The minimum absolute atomic E-state index is 0.480. The van der Waals surface area contributed by atoms with E-state index in [1.165, 1.54) is 17.3 Å². The van der Waals surface area contributed by atoms with Crippen LogP contribution in [0.2, 0.25) is 5.02 Å². The third kappa shape index (κ3) is 6.34. The Labute approximate surface area is 174 Å². The molecule has 0 unspecified atom stereocenters. The van der Waals surface area contributed by atoms with Crippen molar-refractivity contribution in [2.45, 2.75) is 31.4 Å². The number of halogens is 1. The quantitative estimate of drug-likeness (QED) is 0.314. The second-order valence-corrected chi connectivity index (χ2v) is 7.58. The summed E-state index contributed by atoms with van der Waals surface area (Å²) in [5.41, 5.74) is 7.81. The molecule has 3 aromatic rings. The van der Waals surface area contributed by atoms with Crippen LogP contribution < -0.4 is 5.48 Å². The fraction of sp³-hybridized carbons (Fsp3) is 0.190. The van der Waals surface area contributed by atoms with Crippen molar-refractivity contribution in [3.63, 3.8) is 0 Å². The van der Waals surface area contributed by atoms with Crippen molar-refractivity contribution in [2.75, 3.05) is 0 Å². The molecule has 1 aromatic heterocycles. The fourth-order valence-electron chi connectivity index (χ4n) is 2.29. The lowest BCUT2D eigenvalue weighted by Crippen LogP contribution is -2.06. The van der Waals surface area contributed by atoms with Crippen molar-refractivity contribution in [3.05, 3.63) is 87.8 Å². The van der Waals surface area contributed by atoms with Gasteiger partial charge in [-0.3, -0.25) is 10.3 Å². The summed E-state index contributed by atoms with van der Waals surface area (Å²) in [5.74, 6) is 0.753. The first-order valence-electron chi connectivity index (χ1n) is 8.78. The molecule has 0 atom stereocenters. The third-order valence-electron chi connectivity index (χ3n) is 3.91. The van der Waals surface area contributed by atoms with Crippen LogP contribution in [0.15, 0.2) is 59.9 Å². The zero-order valence-corrected chi connectivity index (χ0v) is 17.3. The first kappa shape index (κ1) is 20.3. The maximum Gasteiger partial charge on any atom is 0.209 e. The van der Waals surface area contributed by atoms with Crippen molar-refractivity contribution < 1.29 is 4.84 Å². The molecule has 0 aliphatic rings. The van der Waals surface area contributed by atoms with Gasteiger partial charge in [0.15, 0.2) is 0 Å². The summed E-state index contributed by atoms with van der Waals surface area (Å²) in [6.07, 6.45) is 3.53. The highest BCUT2D eigenvalue weighted by molar-refractivity contribution is 7.98. The molecule has 0 amide bonds. The number of aromatic nitrogens is 3. The number of rotatable bonds is 8. The van der Waals surface area contributed by atoms with E-state index in [0.29, 0.717) is 11.8 Å². The lowest BCUT2D eigenvalue weighted by Gasteiger charge is -2.05. The van der Waals surface area contributed by atoms with E-state index >= 15 is 0 Å². The van der Waals surface area contributed by atoms with Gasteiger partial charge >= 0.3 is 0 Å². The van der Waals surface area contributed by atoms with Crippen LogP contribution in [0.25, 0.3) is 6.08 Å². The molecule has 5 nitrogen and oxygen atoms in total. The van der Waals surface area contributed by atoms with Crippen LogP contribution in [0.5, 0.6) is 0 Å². The lowest BCUT2D eigenvalue weighted by molar-refractivity contribution is 0.0581. The van der Waals surface area contributed by atoms with Gasteiger partial charge in [-0.05, 0) is 43.2 Å². The summed E-state index contributed by atoms with van der Waals surface area (Å²) in [6.45, 7) is 4.42. The van der Waals surface area contributed by atoms with Gasteiger partial charge in [0.05, 0.1) is 18.0 Å². The van der Waals surface area contributed by atoms with Gasteiger partial charge in [-0.2, -0.15) is 5.10 Å². The maximum absolute atomic E-state index is 5.91. The van der Waals surface area contributed by atoms with E-state index in [1.807, 2.05) is 49.4 Å². The summed E-state index contributed by atoms with van der Waals surface area (Å²) in [6, 6.07) is 16.0. The van der Waals surface area contributed by atoms with Crippen molar-refractivity contribution in [3.8, 4) is 0 Å². The van der Waals surface area contributed by atoms with Crippen molar-refractivity contribution >= 4 is 29.4 Å². The molecule has 7 heteroatoms. The van der Waals surface area contributed by atoms with Crippen LogP contribution in [0.3, 0.4) is 0 Å². The topological polar surface area (TPSA) is 59.9 Å². The zero-order valence-electron chi connectivity index (χ0n) is 15.7. The lowest BCUT2D eigenvalue weighted by atomic mass is 10.2. The number of hydroxylamine groups is 1. The summed E-state index contributed by atoms with van der Waals surface area (Å²) in [7, 11) is 0. The Morgan fingerprint density at radius 2 is 1.71 bits per heavy atom. The molecular formula is C21H21ClN4OS. The standard InChI is InChI=1S/C21H21ClN4OS/c1-15-3-5-17(6-4-15)13-27-23-12-11-20-16(2)25-26-21(24-20)28-14-18-7-9-19(22)10-8-18/h3-12,23H,13-14H2,1-2H3. The van der Waals surface area contributed by atoms with Gasteiger partial charge in [0, 0.05) is 17.0 Å². The Kier molecular flexibility index (Phi) is 7.42. The molecule has 2 aromatic carbocycles. The molecule has 0 radical (unpaired) electrons. The Morgan fingerprint density at radius 3 is 2.46 bits per heavy atom. The number of aryl methyl sites for hydroxylation is 2. The van der Waals surface area contributed by atoms with E-state index in [9.17, 15) is 0 Å². The van der Waals surface area contributed by atoms with Gasteiger partial charge in [0.1, 0.15) is 0 Å². The molecule has 0 spiro atoms. The Balaban J connectivity index is 1.51. The summed E-state index contributed by atoms with van der Waals surface area (Å²) in [4.78, 5) is 10.0. The average molecular weight is 413 g/mol. The van der Waals surface area contributed by atoms with E-state index in [2.05, 4.69) is 39.7 Å². The summed E-state index contributed by atoms with van der Waals surface area (Å²) < 4.78 is 0. The van der Waals surface area contributed by atoms with Crippen LogP contribution in [-0.2, 0) is 17.2 Å². The highest BCUT2D eigenvalue weighted by atomic mass is 35.5.